The predicted octanol–water partition coefficient (Wildman–Crippen LogP) is 24.5. The van der Waals surface area contributed by atoms with Gasteiger partial charge in [0, 0.05) is 0 Å². The second kappa shape index (κ2) is 65.1. The minimum absolute atomic E-state index is 0.413. The Kier molecular flexibility index (Phi) is 53.7. The minimum atomic E-state index is 0.413. The van der Waals surface area contributed by atoms with E-state index in [4.69, 9.17) is 71.1 Å². The second-order valence-electron chi connectivity index (χ2n) is 29.8. The van der Waals surface area contributed by atoms with Crippen LogP contribution in [0.3, 0.4) is 0 Å². The van der Waals surface area contributed by atoms with Gasteiger partial charge in [0.05, 0.1) is 139 Å². The Morgan fingerprint density at radius 3 is 0.482 bits per heavy atom. The van der Waals surface area contributed by atoms with Crippen LogP contribution in [-0.2, 0) is 62.5 Å². The van der Waals surface area contributed by atoms with Crippen LogP contribution in [0, 0.1) is 0 Å². The third-order valence-electron chi connectivity index (χ3n) is 20.1. The second-order valence-corrected chi connectivity index (χ2v) is 29.8. The van der Waals surface area contributed by atoms with Crippen molar-refractivity contribution < 1.29 is 71.1 Å². The Morgan fingerprint density at radius 1 is 0.149 bits per heavy atom. The first-order chi connectivity index (χ1) is 56.5. The monoisotopic (exact) mass is 1570 g/mol. The van der Waals surface area contributed by atoms with Crippen molar-refractivity contribution >= 4 is 0 Å². The zero-order chi connectivity index (χ0) is 79.5. The molecule has 0 heterocycles. The largest absolute Gasteiger partial charge is 0.494 e. The zero-order valence-corrected chi connectivity index (χ0v) is 70.4. The molecule has 0 fully saturated rings. The van der Waals surface area contributed by atoms with Gasteiger partial charge in [0.15, 0.2) is 0 Å². The lowest BCUT2D eigenvalue weighted by Crippen LogP contribution is -2.13. The molecule has 0 radical (unpaired) electrons. The van der Waals surface area contributed by atoms with Crippen molar-refractivity contribution in [2.24, 2.45) is 0 Å². The van der Waals surface area contributed by atoms with Gasteiger partial charge in [-0.15, -0.1) is 0 Å². The molecule has 0 aromatic heterocycles. The van der Waals surface area contributed by atoms with Gasteiger partial charge in [-0.2, -0.15) is 0 Å². The molecule has 15 nitrogen and oxygen atoms in total. The van der Waals surface area contributed by atoms with Crippen molar-refractivity contribution in [3.05, 3.63) is 180 Å². The van der Waals surface area contributed by atoms with Crippen molar-refractivity contribution in [2.45, 2.75) is 233 Å². The molecule has 7 aromatic rings. The summed E-state index contributed by atoms with van der Waals surface area (Å²) in [5.41, 5.74) is 9.89. The van der Waals surface area contributed by atoms with Gasteiger partial charge in [0.25, 0.3) is 0 Å². The number of benzene rings is 7. The number of hydrogen-bond acceptors (Lipinski definition) is 15. The lowest BCUT2D eigenvalue weighted by atomic mass is 10.1. The van der Waals surface area contributed by atoms with Gasteiger partial charge in [0.1, 0.15) is 54.3 Å². The lowest BCUT2D eigenvalue weighted by Gasteiger charge is -2.13. The average molecular weight is 1570 g/mol. The van der Waals surface area contributed by atoms with E-state index in [0.717, 1.165) is 124 Å². The summed E-state index contributed by atoms with van der Waals surface area (Å²) in [5.74, 6) is 5.19. The Bertz CT molecular complexity index is 2980. The molecule has 7 aromatic carbocycles. The molecule has 0 saturated carbocycles. The standard InChI is InChI=1S/C99H144O15/c1-4-7-10-13-16-19-22-25-28-31-58-109-94-46-34-88(35-47-94)91-40-52-97(53-41-91)112-76-73-103-64-61-100-67-70-106-82-85-79-86(83-107-71-68-101-62-65-104-74-77-113-98-54-42-92(43-55-98)89-36-48-95(49-37-89)110-59-32-29-26-23-20-17-14-11-8-5-2)81-87(80-85)84-108-72-69-102-63-66-105-75-78-114-99-56-44-93(45-57-99)90-38-50-96(51-39-90)111-60-33-30-27-24-21-18-15-12-9-6-3/h34-57,79-81H,4-33,58-78,82-84H2,1-3H3. The van der Waals surface area contributed by atoms with Crippen LogP contribution in [0.25, 0.3) is 33.4 Å². The van der Waals surface area contributed by atoms with E-state index in [1.165, 1.54) is 173 Å². The fraction of sp³-hybridized carbons (Fsp3) is 0.576. The van der Waals surface area contributed by atoms with Crippen molar-refractivity contribution in [1.82, 2.24) is 0 Å². The van der Waals surface area contributed by atoms with Gasteiger partial charge in [-0.3, -0.25) is 0 Å². The molecule has 630 valence electrons. The molecule has 114 heavy (non-hydrogen) atoms. The molecule has 0 amide bonds. The third-order valence-corrected chi connectivity index (χ3v) is 20.1. The van der Waals surface area contributed by atoms with E-state index in [9.17, 15) is 0 Å². The lowest BCUT2D eigenvalue weighted by molar-refractivity contribution is 0.00435. The fourth-order valence-electron chi connectivity index (χ4n) is 13.4. The molecule has 7 rings (SSSR count). The summed E-state index contributed by atoms with van der Waals surface area (Å²) in [4.78, 5) is 0. The molecule has 0 bridgehead atoms. The summed E-state index contributed by atoms with van der Waals surface area (Å²) < 4.78 is 89.3. The van der Waals surface area contributed by atoms with Crippen LogP contribution in [0.2, 0.25) is 0 Å². The average Bonchev–Trinajstić information content (AvgIpc) is 0.864. The van der Waals surface area contributed by atoms with Crippen molar-refractivity contribution in [3.63, 3.8) is 0 Å². The van der Waals surface area contributed by atoms with Crippen LogP contribution < -0.4 is 28.4 Å². The number of unbranched alkanes of at least 4 members (excludes halogenated alkanes) is 27. The fourth-order valence-corrected chi connectivity index (χ4v) is 13.4. The quantitative estimate of drug-likeness (QED) is 0.0334. The van der Waals surface area contributed by atoms with Gasteiger partial charge < -0.3 is 71.1 Å². The van der Waals surface area contributed by atoms with Crippen LogP contribution in [0.5, 0.6) is 34.5 Å². The molecule has 0 aliphatic heterocycles. The van der Waals surface area contributed by atoms with Crippen LogP contribution >= 0.6 is 0 Å². The Hall–Kier alpha value is -7.02. The third kappa shape index (κ3) is 45.5. The molecule has 0 N–H and O–H groups in total. The van der Waals surface area contributed by atoms with E-state index >= 15 is 0 Å². The van der Waals surface area contributed by atoms with Gasteiger partial charge in [-0.1, -0.05) is 285 Å². The molecule has 0 spiro atoms. The molecule has 0 aliphatic carbocycles. The van der Waals surface area contributed by atoms with E-state index in [2.05, 4.69) is 148 Å². The first kappa shape index (κ1) is 94.1. The highest BCUT2D eigenvalue weighted by atomic mass is 16.6. The highest BCUT2D eigenvalue weighted by Gasteiger charge is 2.10. The van der Waals surface area contributed by atoms with Crippen LogP contribution in [0.15, 0.2) is 164 Å². The summed E-state index contributed by atoms with van der Waals surface area (Å²) >= 11 is 0. The number of ether oxygens (including phenoxy) is 15. The van der Waals surface area contributed by atoms with Crippen LogP contribution in [0.1, 0.15) is 230 Å². The zero-order valence-electron chi connectivity index (χ0n) is 70.4. The smallest absolute Gasteiger partial charge is 0.119 e. The van der Waals surface area contributed by atoms with Crippen molar-refractivity contribution in [3.8, 4) is 67.9 Å². The summed E-state index contributed by atoms with van der Waals surface area (Å²) in [6.07, 6.45) is 39.6. The Morgan fingerprint density at radius 2 is 0.298 bits per heavy atom. The molecular weight excluding hydrogens is 1430 g/mol. The summed E-state index contributed by atoms with van der Waals surface area (Å²) in [6.45, 7) is 18.5. The van der Waals surface area contributed by atoms with Crippen LogP contribution in [-0.4, -0.2) is 139 Å². The highest BCUT2D eigenvalue weighted by molar-refractivity contribution is 5.67. The summed E-state index contributed by atoms with van der Waals surface area (Å²) in [5, 5.41) is 0. The molecule has 0 aliphatic rings. The first-order valence-corrected chi connectivity index (χ1v) is 44.2. The van der Waals surface area contributed by atoms with Gasteiger partial charge >= 0.3 is 0 Å². The predicted molar refractivity (Wildman–Crippen MR) is 464 cm³/mol. The van der Waals surface area contributed by atoms with Gasteiger partial charge in [0.2, 0.25) is 0 Å². The maximum Gasteiger partial charge on any atom is 0.119 e. The first-order valence-electron chi connectivity index (χ1n) is 44.2. The molecular formula is C99H144O15. The van der Waals surface area contributed by atoms with E-state index in [0.29, 0.717) is 139 Å². The molecule has 15 heteroatoms. The maximum absolute atomic E-state index is 6.10. The summed E-state index contributed by atoms with van der Waals surface area (Å²) in [7, 11) is 0. The van der Waals surface area contributed by atoms with Gasteiger partial charge in [-0.05, 0) is 142 Å². The van der Waals surface area contributed by atoms with Crippen molar-refractivity contribution in [2.75, 3.05) is 139 Å². The number of rotatable bonds is 75. The van der Waals surface area contributed by atoms with Gasteiger partial charge in [-0.25, -0.2) is 0 Å². The highest BCUT2D eigenvalue weighted by Crippen LogP contribution is 2.29. The van der Waals surface area contributed by atoms with E-state index in [1.807, 2.05) is 36.4 Å². The molecule has 0 unspecified atom stereocenters. The van der Waals surface area contributed by atoms with Crippen LogP contribution in [0.4, 0.5) is 0 Å². The molecule has 0 saturated heterocycles. The maximum atomic E-state index is 6.10. The topological polar surface area (TPSA) is 138 Å². The summed E-state index contributed by atoms with van der Waals surface area (Å²) in [6, 6.07) is 56.0. The van der Waals surface area contributed by atoms with Crippen molar-refractivity contribution in [1.29, 1.82) is 0 Å². The van der Waals surface area contributed by atoms with E-state index in [-0.39, 0.29) is 0 Å². The minimum Gasteiger partial charge on any atom is -0.494 e. The Balaban J connectivity index is 0.718. The van der Waals surface area contributed by atoms with E-state index < -0.39 is 0 Å². The number of hydrogen-bond donors (Lipinski definition) is 0. The molecule has 0 atom stereocenters. The normalized spacial score (nSPS) is 11.4. The Labute approximate surface area is 687 Å². The SMILES string of the molecule is CCCCCCCCCCCCOc1ccc(-c2ccc(OCCOCCOCCOCc3cc(COCCOCCOCCOc4ccc(-c5ccc(OCCCCCCCCCCCC)cc5)cc4)cc(COCCOCCOCCOc4ccc(-c5ccc(OCCCCCCCCCCCC)cc5)cc4)c3)cc2)cc1. The van der Waals surface area contributed by atoms with E-state index in [1.54, 1.807) is 0 Å².